The normalized spacial score (nSPS) is 11.5. The number of hydrogen-bond donors (Lipinski definition) is 0. The molecule has 164 valence electrons. The number of halogens is 3. The third-order valence-electron chi connectivity index (χ3n) is 4.68. The van der Waals surface area contributed by atoms with E-state index in [0.29, 0.717) is 43.3 Å². The highest BCUT2D eigenvalue weighted by Gasteiger charge is 2.37. The molecule has 0 saturated carbocycles. The van der Waals surface area contributed by atoms with Crippen molar-refractivity contribution in [1.29, 1.82) is 5.26 Å². The molecule has 0 aliphatic carbocycles. The number of benzene rings is 1. The van der Waals surface area contributed by atoms with Crippen molar-refractivity contribution in [3.05, 3.63) is 41.3 Å². The molecule has 2 heterocycles. The van der Waals surface area contributed by atoms with Crippen LogP contribution in [0.2, 0.25) is 0 Å². The van der Waals surface area contributed by atoms with E-state index in [0.717, 1.165) is 12.0 Å². The number of fused-ring (bicyclic) bond motifs is 1. The van der Waals surface area contributed by atoms with Gasteiger partial charge in [-0.05, 0) is 25.0 Å². The Morgan fingerprint density at radius 3 is 2.61 bits per heavy atom. The molecular weight excluding hydrogens is 411 g/mol. The van der Waals surface area contributed by atoms with Crippen LogP contribution in [0.25, 0.3) is 11.0 Å². The van der Waals surface area contributed by atoms with E-state index in [1.807, 2.05) is 24.9 Å². The Labute approximate surface area is 177 Å². The van der Waals surface area contributed by atoms with Crippen molar-refractivity contribution < 1.29 is 22.4 Å². The molecule has 10 heteroatoms. The highest BCUT2D eigenvalue weighted by atomic mass is 19.4. The summed E-state index contributed by atoms with van der Waals surface area (Å²) >= 11 is 0. The Hall–Kier alpha value is -3.35. The number of aromatic nitrogens is 3. The molecule has 2 aromatic heterocycles. The van der Waals surface area contributed by atoms with Crippen LogP contribution in [-0.2, 0) is 19.0 Å². The quantitative estimate of drug-likeness (QED) is 0.457. The van der Waals surface area contributed by atoms with Gasteiger partial charge in [0.15, 0.2) is 11.3 Å². The summed E-state index contributed by atoms with van der Waals surface area (Å²) in [5, 5.41) is 11.9. The molecule has 3 aromatic rings. The van der Waals surface area contributed by atoms with Gasteiger partial charge in [-0.2, -0.15) is 18.4 Å². The number of nitrogens with zero attached hydrogens (tertiary/aromatic N) is 5. The maximum absolute atomic E-state index is 13.1. The molecule has 1 aromatic carbocycles. The minimum Gasteiger partial charge on any atom is -0.493 e. The number of alkyl halides is 3. The molecule has 0 bridgehead atoms. The lowest BCUT2D eigenvalue weighted by molar-refractivity contribution is -0.141. The lowest BCUT2D eigenvalue weighted by atomic mass is 10.0. The van der Waals surface area contributed by atoms with E-state index in [1.165, 1.54) is 6.07 Å². The van der Waals surface area contributed by atoms with Crippen LogP contribution in [0.4, 0.5) is 19.1 Å². The Morgan fingerprint density at radius 1 is 1.23 bits per heavy atom. The topological polar surface area (TPSA) is 88.1 Å². The van der Waals surface area contributed by atoms with Crippen molar-refractivity contribution in [2.45, 2.75) is 38.8 Å². The van der Waals surface area contributed by atoms with Crippen LogP contribution in [0.1, 0.15) is 36.6 Å². The van der Waals surface area contributed by atoms with Crippen molar-refractivity contribution in [2.75, 3.05) is 25.1 Å². The molecule has 0 aliphatic rings. The number of aryl methyl sites for hydroxylation is 1. The predicted octanol–water partition coefficient (Wildman–Crippen LogP) is 4.56. The monoisotopic (exact) mass is 433 g/mol. The molecule has 0 fully saturated rings. The fourth-order valence-electron chi connectivity index (χ4n) is 3.18. The van der Waals surface area contributed by atoms with Crippen LogP contribution >= 0.6 is 0 Å². The third kappa shape index (κ3) is 5.23. The van der Waals surface area contributed by atoms with E-state index in [-0.39, 0.29) is 17.4 Å². The summed E-state index contributed by atoms with van der Waals surface area (Å²) in [5.41, 5.74) is 0.444. The van der Waals surface area contributed by atoms with Gasteiger partial charge < -0.3 is 14.2 Å². The zero-order chi connectivity index (χ0) is 22.4. The molecule has 31 heavy (non-hydrogen) atoms. The average molecular weight is 433 g/mol. The Morgan fingerprint density at radius 2 is 1.97 bits per heavy atom. The van der Waals surface area contributed by atoms with E-state index < -0.39 is 11.9 Å². The first-order valence-electron chi connectivity index (χ1n) is 9.85. The summed E-state index contributed by atoms with van der Waals surface area (Å²) in [5.74, 6) is 1.04. The summed E-state index contributed by atoms with van der Waals surface area (Å²) in [6.07, 6.45) is 0.818. The lowest BCUT2D eigenvalue weighted by Crippen LogP contribution is -2.22. The number of hydrogen-bond acceptors (Lipinski definition) is 7. The zero-order valence-electron chi connectivity index (χ0n) is 17.2. The van der Waals surface area contributed by atoms with Gasteiger partial charge in [0.25, 0.3) is 0 Å². The molecule has 0 N–H and O–H groups in total. The minimum absolute atomic E-state index is 0.0555. The van der Waals surface area contributed by atoms with Gasteiger partial charge >= 0.3 is 6.18 Å². The third-order valence-corrected chi connectivity index (χ3v) is 4.68. The molecule has 0 aliphatic heterocycles. The van der Waals surface area contributed by atoms with Gasteiger partial charge in [-0.1, -0.05) is 18.5 Å². The second-order valence-electron chi connectivity index (χ2n) is 7.05. The van der Waals surface area contributed by atoms with Gasteiger partial charge in [0.1, 0.15) is 5.75 Å². The Bertz CT molecular complexity index is 1060. The standard InChI is InChI=1S/C21H22F3N5O2/c1-3-5-15-17(7-6-16-18(15)31-28-19(16)21(22,23)24)30-11-4-10-29(2)20-26-12-14(8-9-25)13-27-20/h6-7,12-13H,3-5,8,10-11H2,1-2H3. The lowest BCUT2D eigenvalue weighted by Gasteiger charge is -2.17. The fourth-order valence-corrected chi connectivity index (χ4v) is 3.18. The van der Waals surface area contributed by atoms with Crippen molar-refractivity contribution >= 4 is 16.9 Å². The second-order valence-corrected chi connectivity index (χ2v) is 7.05. The van der Waals surface area contributed by atoms with E-state index in [1.54, 1.807) is 18.5 Å². The second kappa shape index (κ2) is 9.64. The summed E-state index contributed by atoms with van der Waals surface area (Å²) in [6.45, 7) is 2.91. The zero-order valence-corrected chi connectivity index (χ0v) is 17.2. The maximum Gasteiger partial charge on any atom is 0.437 e. The molecule has 0 saturated heterocycles. The van der Waals surface area contributed by atoms with Gasteiger partial charge in [0, 0.05) is 37.1 Å². The van der Waals surface area contributed by atoms with Crippen LogP contribution in [-0.4, -0.2) is 35.3 Å². The summed E-state index contributed by atoms with van der Waals surface area (Å²) in [7, 11) is 1.85. The first kappa shape index (κ1) is 22.3. The van der Waals surface area contributed by atoms with Crippen LogP contribution in [0.5, 0.6) is 5.75 Å². The van der Waals surface area contributed by atoms with Crippen molar-refractivity contribution in [1.82, 2.24) is 15.1 Å². The number of rotatable bonds is 9. The maximum atomic E-state index is 13.1. The molecule has 3 rings (SSSR count). The first-order valence-corrected chi connectivity index (χ1v) is 9.85. The predicted molar refractivity (Wildman–Crippen MR) is 108 cm³/mol. The number of ether oxygens (including phenoxy) is 1. The van der Waals surface area contributed by atoms with E-state index in [9.17, 15) is 13.2 Å². The van der Waals surface area contributed by atoms with Crippen molar-refractivity contribution in [2.24, 2.45) is 0 Å². The summed E-state index contributed by atoms with van der Waals surface area (Å²) < 4.78 is 50.2. The fraction of sp³-hybridized carbons (Fsp3) is 0.429. The molecule has 0 amide bonds. The van der Waals surface area contributed by atoms with E-state index >= 15 is 0 Å². The van der Waals surface area contributed by atoms with Crippen molar-refractivity contribution in [3.8, 4) is 11.8 Å². The molecule has 0 atom stereocenters. The first-order chi connectivity index (χ1) is 14.8. The van der Waals surface area contributed by atoms with Crippen LogP contribution in [0, 0.1) is 11.3 Å². The van der Waals surface area contributed by atoms with Gasteiger partial charge in [0.05, 0.1) is 24.5 Å². The SMILES string of the molecule is CCCc1c(OCCCN(C)c2ncc(CC#N)cn2)ccc2c(C(F)(F)F)noc12. The molecule has 0 radical (unpaired) electrons. The minimum atomic E-state index is -4.57. The molecule has 0 unspecified atom stereocenters. The largest absolute Gasteiger partial charge is 0.493 e. The van der Waals surface area contributed by atoms with Crippen molar-refractivity contribution in [3.63, 3.8) is 0 Å². The van der Waals surface area contributed by atoms with Crippen LogP contribution in [0.15, 0.2) is 29.0 Å². The smallest absolute Gasteiger partial charge is 0.437 e. The number of nitriles is 1. The highest BCUT2D eigenvalue weighted by molar-refractivity contribution is 5.85. The van der Waals surface area contributed by atoms with Gasteiger partial charge in [-0.15, -0.1) is 0 Å². The van der Waals surface area contributed by atoms with E-state index in [4.69, 9.17) is 14.5 Å². The summed E-state index contributed by atoms with van der Waals surface area (Å²) in [4.78, 5) is 10.3. The van der Waals surface area contributed by atoms with Gasteiger partial charge in [-0.3, -0.25) is 0 Å². The molecule has 0 spiro atoms. The Kier molecular flexibility index (Phi) is 6.95. The summed E-state index contributed by atoms with van der Waals surface area (Å²) in [6, 6.07) is 4.93. The number of anilines is 1. The molecule has 7 nitrogen and oxygen atoms in total. The average Bonchev–Trinajstić information content (AvgIpc) is 3.18. The van der Waals surface area contributed by atoms with Gasteiger partial charge in [-0.25, -0.2) is 9.97 Å². The molecular formula is C21H22F3N5O2. The van der Waals surface area contributed by atoms with Crippen LogP contribution < -0.4 is 9.64 Å². The Balaban J connectivity index is 1.64. The van der Waals surface area contributed by atoms with Gasteiger partial charge in [0.2, 0.25) is 5.95 Å². The van der Waals surface area contributed by atoms with E-state index in [2.05, 4.69) is 15.1 Å². The highest BCUT2D eigenvalue weighted by Crippen LogP contribution is 2.38. The van der Waals surface area contributed by atoms with Crippen LogP contribution in [0.3, 0.4) is 0 Å².